The Morgan fingerprint density at radius 2 is 1.86 bits per heavy atom. The third-order valence-electron chi connectivity index (χ3n) is 1.89. The van der Waals surface area contributed by atoms with Crippen LogP contribution < -0.4 is 0 Å². The maximum Gasteiger partial charge on any atom is 0.151 e. The van der Waals surface area contributed by atoms with Crippen LogP contribution in [0.1, 0.15) is 20.7 Å². The van der Waals surface area contributed by atoms with E-state index in [0.29, 0.717) is 11.1 Å². The topological polar surface area (TPSA) is 34.1 Å². The molecular formula is C10H6O2S2. The van der Waals surface area contributed by atoms with Gasteiger partial charge in [0.1, 0.15) is 0 Å². The first-order valence-electron chi connectivity index (χ1n) is 3.91. The predicted octanol–water partition coefficient (Wildman–Crippen LogP) is 3.10. The molecule has 0 aliphatic rings. The van der Waals surface area contributed by atoms with E-state index in [9.17, 15) is 9.59 Å². The molecule has 0 N–H and O–H groups in total. The summed E-state index contributed by atoms with van der Waals surface area (Å²) in [5.41, 5.74) is 2.17. The Kier molecular flexibility index (Phi) is 2.56. The van der Waals surface area contributed by atoms with E-state index in [4.69, 9.17) is 0 Å². The smallest absolute Gasteiger partial charge is 0.151 e. The first kappa shape index (κ1) is 9.30. The molecule has 2 aromatic heterocycles. The maximum absolute atomic E-state index is 10.7. The van der Waals surface area contributed by atoms with Crippen LogP contribution in [0.5, 0.6) is 0 Å². The zero-order valence-electron chi connectivity index (χ0n) is 7.10. The van der Waals surface area contributed by atoms with Gasteiger partial charge in [-0.2, -0.15) is 11.3 Å². The van der Waals surface area contributed by atoms with Crippen molar-refractivity contribution >= 4 is 35.2 Å². The molecule has 0 aliphatic heterocycles. The van der Waals surface area contributed by atoms with Crippen molar-refractivity contribution in [3.05, 3.63) is 33.3 Å². The Morgan fingerprint density at radius 1 is 1.07 bits per heavy atom. The molecule has 0 aromatic carbocycles. The Balaban J connectivity index is 2.59. The minimum atomic E-state index is 0.650. The molecule has 0 aliphatic carbocycles. The number of thiophene rings is 2. The quantitative estimate of drug-likeness (QED) is 0.748. The van der Waals surface area contributed by atoms with Crippen molar-refractivity contribution in [3.8, 4) is 10.4 Å². The Morgan fingerprint density at radius 3 is 2.57 bits per heavy atom. The molecule has 0 spiro atoms. The van der Waals surface area contributed by atoms with Gasteiger partial charge in [-0.3, -0.25) is 9.59 Å². The first-order valence-corrected chi connectivity index (χ1v) is 5.73. The summed E-state index contributed by atoms with van der Waals surface area (Å²) in [7, 11) is 0. The van der Waals surface area contributed by atoms with Gasteiger partial charge in [0, 0.05) is 32.3 Å². The summed E-state index contributed by atoms with van der Waals surface area (Å²) in [6.45, 7) is 0. The second-order valence-electron chi connectivity index (χ2n) is 2.68. The molecule has 2 nitrogen and oxygen atoms in total. The van der Waals surface area contributed by atoms with E-state index in [1.54, 1.807) is 11.4 Å². The SMILES string of the molecule is O=Cc1cscc1-c1sccc1C=O. The van der Waals surface area contributed by atoms with Crippen LogP contribution in [0.4, 0.5) is 0 Å². The number of aldehydes is 2. The van der Waals surface area contributed by atoms with Gasteiger partial charge in [-0.25, -0.2) is 0 Å². The third-order valence-corrected chi connectivity index (χ3v) is 3.61. The van der Waals surface area contributed by atoms with Crippen molar-refractivity contribution in [2.75, 3.05) is 0 Å². The van der Waals surface area contributed by atoms with Crippen LogP contribution in [-0.2, 0) is 0 Å². The number of carbonyl (C=O) groups excluding carboxylic acids is 2. The van der Waals surface area contributed by atoms with Crippen molar-refractivity contribution in [1.29, 1.82) is 0 Å². The van der Waals surface area contributed by atoms with Gasteiger partial charge in [-0.1, -0.05) is 0 Å². The molecule has 0 unspecified atom stereocenters. The number of hydrogen-bond donors (Lipinski definition) is 0. The molecule has 70 valence electrons. The third kappa shape index (κ3) is 1.42. The van der Waals surface area contributed by atoms with Gasteiger partial charge in [-0.15, -0.1) is 11.3 Å². The molecule has 2 rings (SSSR count). The standard InChI is InChI=1S/C10H6O2S2/c11-3-7-1-2-14-10(7)9-6-13-5-8(9)4-12/h1-6H. The highest BCUT2D eigenvalue weighted by atomic mass is 32.1. The number of rotatable bonds is 3. The highest BCUT2D eigenvalue weighted by Gasteiger charge is 2.10. The molecule has 0 fully saturated rings. The van der Waals surface area contributed by atoms with Crippen LogP contribution in [0.15, 0.2) is 22.2 Å². The minimum absolute atomic E-state index is 0.650. The first-order chi connectivity index (χ1) is 6.86. The summed E-state index contributed by atoms with van der Waals surface area (Å²) in [5, 5.41) is 5.53. The average Bonchev–Trinajstić information content (AvgIpc) is 2.85. The van der Waals surface area contributed by atoms with Crippen molar-refractivity contribution in [3.63, 3.8) is 0 Å². The summed E-state index contributed by atoms with van der Waals surface area (Å²) < 4.78 is 0. The summed E-state index contributed by atoms with van der Waals surface area (Å²) in [4.78, 5) is 22.3. The van der Waals surface area contributed by atoms with E-state index in [1.165, 1.54) is 22.7 Å². The number of hydrogen-bond acceptors (Lipinski definition) is 4. The molecule has 14 heavy (non-hydrogen) atoms. The molecule has 0 atom stereocenters. The van der Waals surface area contributed by atoms with Gasteiger partial charge >= 0.3 is 0 Å². The van der Waals surface area contributed by atoms with Crippen LogP contribution in [0.25, 0.3) is 10.4 Å². The molecule has 4 heteroatoms. The lowest BCUT2D eigenvalue weighted by molar-refractivity contribution is 0.111. The normalized spacial score (nSPS) is 10.0. The van der Waals surface area contributed by atoms with Crippen molar-refractivity contribution < 1.29 is 9.59 Å². The van der Waals surface area contributed by atoms with Crippen molar-refractivity contribution in [1.82, 2.24) is 0 Å². The minimum Gasteiger partial charge on any atom is -0.298 e. The van der Waals surface area contributed by atoms with E-state index >= 15 is 0 Å². The van der Waals surface area contributed by atoms with Gasteiger partial charge in [0.25, 0.3) is 0 Å². The molecule has 0 bridgehead atoms. The van der Waals surface area contributed by atoms with E-state index in [2.05, 4.69) is 0 Å². The summed E-state index contributed by atoms with van der Waals surface area (Å²) in [5.74, 6) is 0. The van der Waals surface area contributed by atoms with E-state index in [-0.39, 0.29) is 0 Å². The van der Waals surface area contributed by atoms with Crippen LogP contribution in [0.2, 0.25) is 0 Å². The summed E-state index contributed by atoms with van der Waals surface area (Å²) in [6, 6.07) is 1.76. The van der Waals surface area contributed by atoms with Gasteiger partial charge in [0.2, 0.25) is 0 Å². The van der Waals surface area contributed by atoms with Crippen molar-refractivity contribution in [2.24, 2.45) is 0 Å². The average molecular weight is 222 g/mol. The maximum atomic E-state index is 10.7. The van der Waals surface area contributed by atoms with Crippen LogP contribution in [0.3, 0.4) is 0 Å². The predicted molar refractivity (Wildman–Crippen MR) is 58.4 cm³/mol. The molecule has 0 amide bonds. The highest BCUT2D eigenvalue weighted by molar-refractivity contribution is 7.14. The fourth-order valence-electron chi connectivity index (χ4n) is 1.21. The zero-order valence-corrected chi connectivity index (χ0v) is 8.73. The zero-order chi connectivity index (χ0) is 9.97. The largest absolute Gasteiger partial charge is 0.298 e. The lowest BCUT2D eigenvalue weighted by Crippen LogP contribution is -1.82. The van der Waals surface area contributed by atoms with Gasteiger partial charge in [-0.05, 0) is 11.4 Å². The van der Waals surface area contributed by atoms with Gasteiger partial charge < -0.3 is 0 Å². The van der Waals surface area contributed by atoms with Crippen LogP contribution >= 0.6 is 22.7 Å². The summed E-state index contributed by atoms with van der Waals surface area (Å²) in [6.07, 6.45) is 1.64. The molecule has 0 saturated carbocycles. The lowest BCUT2D eigenvalue weighted by atomic mass is 10.1. The van der Waals surface area contributed by atoms with E-state index in [1.807, 2.05) is 10.8 Å². The Hall–Kier alpha value is -1.26. The molecule has 0 radical (unpaired) electrons. The Labute approximate surface area is 88.8 Å². The van der Waals surface area contributed by atoms with Crippen molar-refractivity contribution in [2.45, 2.75) is 0 Å². The molecular weight excluding hydrogens is 216 g/mol. The molecule has 0 saturated heterocycles. The molecule has 2 aromatic rings. The fourth-order valence-corrected chi connectivity index (χ4v) is 2.98. The van der Waals surface area contributed by atoms with E-state index in [0.717, 1.165) is 23.0 Å². The second-order valence-corrected chi connectivity index (χ2v) is 4.34. The lowest BCUT2D eigenvalue weighted by Gasteiger charge is -1.95. The van der Waals surface area contributed by atoms with Crippen LogP contribution in [0, 0.1) is 0 Å². The Bertz CT molecular complexity index is 424. The van der Waals surface area contributed by atoms with Gasteiger partial charge in [0.05, 0.1) is 0 Å². The summed E-state index contributed by atoms with van der Waals surface area (Å²) >= 11 is 2.95. The monoisotopic (exact) mass is 222 g/mol. The number of carbonyl (C=O) groups is 2. The van der Waals surface area contributed by atoms with E-state index < -0.39 is 0 Å². The van der Waals surface area contributed by atoms with Crippen LogP contribution in [-0.4, -0.2) is 12.6 Å². The highest BCUT2D eigenvalue weighted by Crippen LogP contribution is 2.32. The fraction of sp³-hybridized carbons (Fsp3) is 0. The molecule has 2 heterocycles. The van der Waals surface area contributed by atoms with Gasteiger partial charge in [0.15, 0.2) is 12.6 Å². The second kappa shape index (κ2) is 3.86.